The number of aromatic nitrogens is 1. The molecule has 0 radical (unpaired) electrons. The van der Waals surface area contributed by atoms with Gasteiger partial charge < -0.3 is 10.7 Å². The van der Waals surface area contributed by atoms with E-state index < -0.39 is 0 Å². The van der Waals surface area contributed by atoms with Crippen molar-refractivity contribution in [2.75, 3.05) is 10.7 Å². The fraction of sp³-hybridized carbons (Fsp3) is 0.143. The summed E-state index contributed by atoms with van der Waals surface area (Å²) in [5.74, 6) is 5.28. The maximum absolute atomic E-state index is 12.2. The van der Waals surface area contributed by atoms with Gasteiger partial charge in [0.05, 0.1) is 5.02 Å². The normalized spacial score (nSPS) is 10.2. The minimum atomic E-state index is -0.374. The molecule has 1 heterocycles. The molecule has 1 amide bonds. The van der Waals surface area contributed by atoms with E-state index in [1.165, 1.54) is 0 Å². The monoisotopic (exact) mass is 290 g/mol. The Morgan fingerprint density at radius 2 is 2.00 bits per heavy atom. The first kappa shape index (κ1) is 14.3. The number of carbonyl (C=O) groups excluding carboxylic acids is 1. The van der Waals surface area contributed by atoms with Crippen LogP contribution in [0.25, 0.3) is 0 Å². The van der Waals surface area contributed by atoms with Gasteiger partial charge in [-0.2, -0.15) is 0 Å². The van der Waals surface area contributed by atoms with E-state index in [9.17, 15) is 4.79 Å². The minimum Gasteiger partial charge on any atom is -0.320 e. The fourth-order valence-electron chi connectivity index (χ4n) is 1.73. The Hall–Kier alpha value is -2.11. The van der Waals surface area contributed by atoms with Crippen LogP contribution in [0.15, 0.2) is 30.3 Å². The number of halogens is 1. The summed E-state index contributed by atoms with van der Waals surface area (Å²) >= 11 is 5.99. The van der Waals surface area contributed by atoms with Crippen molar-refractivity contribution in [1.29, 1.82) is 0 Å². The van der Waals surface area contributed by atoms with Crippen molar-refractivity contribution < 1.29 is 4.79 Å². The Balaban J connectivity index is 2.30. The lowest BCUT2D eigenvalue weighted by Crippen LogP contribution is -2.17. The summed E-state index contributed by atoms with van der Waals surface area (Å²) in [5.41, 5.74) is 5.27. The summed E-state index contributed by atoms with van der Waals surface area (Å²) in [6, 6.07) is 8.98. The van der Waals surface area contributed by atoms with Crippen LogP contribution in [-0.2, 0) is 0 Å². The summed E-state index contributed by atoms with van der Waals surface area (Å²) in [4.78, 5) is 16.3. The highest BCUT2D eigenvalue weighted by Crippen LogP contribution is 2.20. The first-order valence-corrected chi connectivity index (χ1v) is 6.41. The van der Waals surface area contributed by atoms with Crippen LogP contribution in [0.4, 0.5) is 11.5 Å². The number of hydrogen-bond acceptors (Lipinski definition) is 4. The van der Waals surface area contributed by atoms with Gasteiger partial charge in [-0.25, -0.2) is 10.8 Å². The van der Waals surface area contributed by atoms with Gasteiger partial charge in [-0.1, -0.05) is 23.7 Å². The highest BCUT2D eigenvalue weighted by atomic mass is 35.5. The fourth-order valence-corrected chi connectivity index (χ4v) is 1.92. The number of nitrogens with one attached hydrogen (secondary N) is 2. The lowest BCUT2D eigenvalue weighted by molar-refractivity contribution is 0.102. The average Bonchev–Trinajstić information content (AvgIpc) is 2.43. The Morgan fingerprint density at radius 3 is 2.70 bits per heavy atom. The maximum Gasteiger partial charge on any atom is 0.275 e. The third-order valence-corrected chi connectivity index (χ3v) is 3.16. The molecule has 0 saturated carbocycles. The molecule has 1 aromatic carbocycles. The van der Waals surface area contributed by atoms with E-state index in [-0.39, 0.29) is 16.6 Å². The van der Waals surface area contributed by atoms with Crippen LogP contribution in [0, 0.1) is 13.8 Å². The molecular formula is C14H15ClN4O. The molecule has 2 aromatic rings. The molecule has 0 atom stereocenters. The molecule has 0 saturated heterocycles. The zero-order valence-electron chi connectivity index (χ0n) is 11.2. The molecule has 1 aromatic heterocycles. The highest BCUT2D eigenvalue weighted by Gasteiger charge is 2.14. The Morgan fingerprint density at radius 1 is 1.25 bits per heavy atom. The van der Waals surface area contributed by atoms with Crippen molar-refractivity contribution in [2.24, 2.45) is 5.84 Å². The van der Waals surface area contributed by atoms with Crippen LogP contribution < -0.4 is 16.6 Å². The predicted molar refractivity (Wildman–Crippen MR) is 80.9 cm³/mol. The SMILES string of the molecule is Cc1ccc(C)c(NC(=O)c2nc(NN)ccc2Cl)c1. The molecule has 0 fully saturated rings. The zero-order valence-corrected chi connectivity index (χ0v) is 12.0. The van der Waals surface area contributed by atoms with Gasteiger partial charge in [0.1, 0.15) is 11.5 Å². The summed E-state index contributed by atoms with van der Waals surface area (Å²) in [5, 5.41) is 3.08. The molecular weight excluding hydrogens is 276 g/mol. The molecule has 0 bridgehead atoms. The number of benzene rings is 1. The Bertz CT molecular complexity index is 658. The van der Waals surface area contributed by atoms with Crippen molar-refractivity contribution in [3.05, 3.63) is 52.2 Å². The van der Waals surface area contributed by atoms with Gasteiger partial charge >= 0.3 is 0 Å². The molecule has 20 heavy (non-hydrogen) atoms. The summed E-state index contributed by atoms with van der Waals surface area (Å²) in [6.45, 7) is 3.88. The number of pyridine rings is 1. The van der Waals surface area contributed by atoms with E-state index in [0.717, 1.165) is 16.8 Å². The van der Waals surface area contributed by atoms with Gasteiger partial charge in [0.2, 0.25) is 0 Å². The predicted octanol–water partition coefficient (Wildman–Crippen LogP) is 2.89. The second-order valence-electron chi connectivity index (χ2n) is 4.44. The molecule has 0 aliphatic carbocycles. The molecule has 0 unspecified atom stereocenters. The number of anilines is 2. The Labute approximate surface area is 122 Å². The zero-order chi connectivity index (χ0) is 14.7. The molecule has 6 heteroatoms. The third kappa shape index (κ3) is 3.07. The van der Waals surface area contributed by atoms with Gasteiger partial charge in [0.15, 0.2) is 0 Å². The van der Waals surface area contributed by atoms with E-state index in [2.05, 4.69) is 15.7 Å². The number of aryl methyl sites for hydroxylation is 2. The van der Waals surface area contributed by atoms with Crippen LogP contribution >= 0.6 is 11.6 Å². The van der Waals surface area contributed by atoms with Crippen LogP contribution in [0.3, 0.4) is 0 Å². The van der Waals surface area contributed by atoms with Crippen LogP contribution in [0.2, 0.25) is 5.02 Å². The molecule has 0 aliphatic rings. The molecule has 2 rings (SSSR count). The van der Waals surface area contributed by atoms with Crippen LogP contribution in [0.5, 0.6) is 0 Å². The Kier molecular flexibility index (Phi) is 4.22. The molecule has 0 aliphatic heterocycles. The lowest BCUT2D eigenvalue weighted by Gasteiger charge is -2.10. The summed E-state index contributed by atoms with van der Waals surface area (Å²) in [7, 11) is 0. The average molecular weight is 291 g/mol. The van der Waals surface area contributed by atoms with E-state index >= 15 is 0 Å². The number of hydrazine groups is 1. The highest BCUT2D eigenvalue weighted by molar-refractivity contribution is 6.34. The largest absolute Gasteiger partial charge is 0.320 e. The summed E-state index contributed by atoms with van der Waals surface area (Å²) in [6.07, 6.45) is 0. The topological polar surface area (TPSA) is 80.0 Å². The minimum absolute atomic E-state index is 0.128. The number of nitrogens with zero attached hydrogens (tertiary/aromatic N) is 1. The number of hydrogen-bond donors (Lipinski definition) is 3. The standard InChI is InChI=1S/C14H15ClN4O/c1-8-3-4-9(2)11(7-8)17-14(20)13-10(15)5-6-12(18-13)19-16/h3-7H,16H2,1-2H3,(H,17,20)(H,18,19). The molecule has 4 N–H and O–H groups in total. The van der Waals surface area contributed by atoms with Crippen molar-refractivity contribution >= 4 is 29.0 Å². The smallest absolute Gasteiger partial charge is 0.275 e. The second kappa shape index (κ2) is 5.90. The summed E-state index contributed by atoms with van der Waals surface area (Å²) < 4.78 is 0. The van der Waals surface area contributed by atoms with E-state index in [4.69, 9.17) is 17.4 Å². The van der Waals surface area contributed by atoms with Crippen molar-refractivity contribution in [2.45, 2.75) is 13.8 Å². The van der Waals surface area contributed by atoms with Crippen molar-refractivity contribution in [3.8, 4) is 0 Å². The number of carbonyl (C=O) groups is 1. The third-order valence-electron chi connectivity index (χ3n) is 2.85. The van der Waals surface area contributed by atoms with Crippen molar-refractivity contribution in [3.63, 3.8) is 0 Å². The number of amides is 1. The van der Waals surface area contributed by atoms with Gasteiger partial charge in [0.25, 0.3) is 5.91 Å². The number of nitrogens with two attached hydrogens (primary N) is 1. The van der Waals surface area contributed by atoms with E-state index in [1.54, 1.807) is 12.1 Å². The van der Waals surface area contributed by atoms with Gasteiger partial charge in [-0.05, 0) is 43.2 Å². The van der Waals surface area contributed by atoms with Gasteiger partial charge in [-0.15, -0.1) is 0 Å². The van der Waals surface area contributed by atoms with Gasteiger partial charge in [-0.3, -0.25) is 4.79 Å². The first-order valence-electron chi connectivity index (χ1n) is 6.03. The lowest BCUT2D eigenvalue weighted by atomic mass is 10.1. The van der Waals surface area contributed by atoms with Gasteiger partial charge in [0, 0.05) is 5.69 Å². The van der Waals surface area contributed by atoms with Crippen LogP contribution in [0.1, 0.15) is 21.6 Å². The molecule has 104 valence electrons. The van der Waals surface area contributed by atoms with E-state index in [0.29, 0.717) is 5.82 Å². The van der Waals surface area contributed by atoms with E-state index in [1.807, 2.05) is 32.0 Å². The van der Waals surface area contributed by atoms with Crippen molar-refractivity contribution in [1.82, 2.24) is 4.98 Å². The second-order valence-corrected chi connectivity index (χ2v) is 4.85. The number of nitrogen functional groups attached to an aromatic ring is 1. The van der Waals surface area contributed by atoms with Crippen LogP contribution in [-0.4, -0.2) is 10.9 Å². The first-order chi connectivity index (χ1) is 9.51. The molecule has 0 spiro atoms. The quantitative estimate of drug-likeness (QED) is 0.600. The molecule has 5 nitrogen and oxygen atoms in total. The maximum atomic E-state index is 12.2. The number of rotatable bonds is 3.